The summed E-state index contributed by atoms with van der Waals surface area (Å²) in [6, 6.07) is 90.6. The zero-order valence-corrected chi connectivity index (χ0v) is 39.8. The minimum Gasteiger partial charge on any atom is -0.310 e. The quantitative estimate of drug-likeness (QED) is 0.152. The van der Waals surface area contributed by atoms with Crippen molar-refractivity contribution in [2.75, 3.05) is 9.80 Å². The monoisotopic (exact) mass is 940 g/mol. The van der Waals surface area contributed by atoms with Crippen molar-refractivity contribution in [3.05, 3.63) is 254 Å². The molecule has 0 saturated carbocycles. The maximum atomic E-state index is 10.1. The molecular formula is C68H40N6. The molecular weight excluding hydrogens is 901 g/mol. The first kappa shape index (κ1) is 41.4. The molecule has 0 spiro atoms. The molecule has 4 heterocycles. The number of nitriles is 2. The fourth-order valence-electron chi connectivity index (χ4n) is 12.2. The average molecular weight is 941 g/mol. The molecule has 15 rings (SSSR count). The van der Waals surface area contributed by atoms with Crippen molar-refractivity contribution in [1.82, 2.24) is 8.80 Å². The number of anilines is 6. The number of para-hydroxylation sites is 4. The van der Waals surface area contributed by atoms with Gasteiger partial charge in [0.05, 0.1) is 56.4 Å². The fraction of sp³-hybridized carbons (Fsp3) is 0. The highest BCUT2D eigenvalue weighted by Crippen LogP contribution is 2.55. The van der Waals surface area contributed by atoms with E-state index in [4.69, 9.17) is 0 Å². The largest absolute Gasteiger partial charge is 0.310 e. The Morgan fingerprint density at radius 2 is 0.635 bits per heavy atom. The molecule has 74 heavy (non-hydrogen) atoms. The summed E-state index contributed by atoms with van der Waals surface area (Å²) in [6.07, 6.45) is 0. The Morgan fingerprint density at radius 3 is 1.04 bits per heavy atom. The van der Waals surface area contributed by atoms with E-state index < -0.39 is 0 Å². The van der Waals surface area contributed by atoms with E-state index in [1.807, 2.05) is 48.5 Å². The van der Waals surface area contributed by atoms with Crippen LogP contribution >= 0.6 is 0 Å². The van der Waals surface area contributed by atoms with E-state index >= 15 is 0 Å². The third-order valence-electron chi connectivity index (χ3n) is 15.1. The van der Waals surface area contributed by atoms with Gasteiger partial charge in [0.25, 0.3) is 0 Å². The molecule has 0 atom stereocenters. The highest BCUT2D eigenvalue weighted by molar-refractivity contribution is 6.38. The van der Waals surface area contributed by atoms with E-state index in [1.54, 1.807) is 0 Å². The molecule has 0 fully saturated rings. The van der Waals surface area contributed by atoms with Crippen molar-refractivity contribution in [1.29, 1.82) is 10.5 Å². The molecule has 11 aromatic carbocycles. The summed E-state index contributed by atoms with van der Waals surface area (Å²) in [5.41, 5.74) is 18.5. The molecule has 342 valence electrons. The van der Waals surface area contributed by atoms with Crippen molar-refractivity contribution in [2.45, 2.75) is 0 Å². The molecule has 0 bridgehead atoms. The third-order valence-corrected chi connectivity index (χ3v) is 15.1. The summed E-state index contributed by atoms with van der Waals surface area (Å²) in [5, 5.41) is 29.6. The van der Waals surface area contributed by atoms with Gasteiger partial charge in [-0.2, -0.15) is 10.5 Å². The third kappa shape index (κ3) is 5.91. The Hall–Kier alpha value is -10.4. The number of fused-ring (bicyclic) bond motifs is 12. The van der Waals surface area contributed by atoms with E-state index in [9.17, 15) is 10.5 Å². The van der Waals surface area contributed by atoms with Gasteiger partial charge in [-0.1, -0.05) is 158 Å². The van der Waals surface area contributed by atoms with Crippen LogP contribution in [0.3, 0.4) is 0 Å². The summed E-state index contributed by atoms with van der Waals surface area (Å²) < 4.78 is 5.11. The summed E-state index contributed by atoms with van der Waals surface area (Å²) in [4.78, 5) is 4.51. The summed E-state index contributed by atoms with van der Waals surface area (Å²) in [7, 11) is 0. The number of nitrogens with zero attached hydrogens (tertiary/aromatic N) is 6. The van der Waals surface area contributed by atoms with Crippen LogP contribution < -0.4 is 9.80 Å². The van der Waals surface area contributed by atoms with Gasteiger partial charge in [0.1, 0.15) is 0 Å². The minimum atomic E-state index is 0.605. The highest BCUT2D eigenvalue weighted by atomic mass is 15.1. The lowest BCUT2D eigenvalue weighted by Crippen LogP contribution is -2.10. The standard InChI is InChI=1S/C68H40N6/c69-41-43-17-13-27-49(37-43)71(47-23-9-3-10-24-47)51-33-35-53-56-30-16-32-58-64-62(46-21-7-2-8-22-46)68-63(61(45-19-5-1-6-20-45)67(64)73(66(56)58)59(53)39-51)57-31-15-29-55-54-36-34-52(40-60(54)74(68)65(55)57)72(48-25-11-4-12-26-48)50-28-14-18-44(38-50)42-70/h1-40H. The number of rotatable bonds is 8. The van der Waals surface area contributed by atoms with Crippen LogP contribution in [0.4, 0.5) is 34.1 Å². The van der Waals surface area contributed by atoms with Crippen LogP contribution in [0.25, 0.3) is 98.4 Å². The fourth-order valence-corrected chi connectivity index (χ4v) is 12.2. The van der Waals surface area contributed by atoms with Crippen LogP contribution in [-0.2, 0) is 0 Å². The predicted molar refractivity (Wildman–Crippen MR) is 305 cm³/mol. The van der Waals surface area contributed by atoms with Crippen LogP contribution in [0.2, 0.25) is 0 Å². The second-order valence-electron chi connectivity index (χ2n) is 19.1. The molecule has 0 N–H and O–H groups in total. The lowest BCUT2D eigenvalue weighted by atomic mass is 9.89. The smallest absolute Gasteiger partial charge is 0.0992 e. The molecule has 0 amide bonds. The molecule has 0 aliphatic carbocycles. The first-order valence-corrected chi connectivity index (χ1v) is 24.9. The topological polar surface area (TPSA) is 62.9 Å². The van der Waals surface area contributed by atoms with Crippen LogP contribution in [0.1, 0.15) is 11.1 Å². The van der Waals surface area contributed by atoms with Gasteiger partial charge in [0.15, 0.2) is 0 Å². The van der Waals surface area contributed by atoms with E-state index in [0.717, 1.165) is 67.3 Å². The zero-order chi connectivity index (χ0) is 49.0. The summed E-state index contributed by atoms with van der Waals surface area (Å²) in [6.45, 7) is 0. The zero-order valence-electron chi connectivity index (χ0n) is 39.8. The number of hydrogen-bond acceptors (Lipinski definition) is 4. The van der Waals surface area contributed by atoms with Crippen molar-refractivity contribution in [3.63, 3.8) is 0 Å². The lowest BCUT2D eigenvalue weighted by Gasteiger charge is -2.26. The van der Waals surface area contributed by atoms with E-state index in [0.29, 0.717) is 11.1 Å². The maximum absolute atomic E-state index is 10.1. The van der Waals surface area contributed by atoms with Crippen molar-refractivity contribution in [3.8, 4) is 34.4 Å². The second kappa shape index (κ2) is 16.1. The van der Waals surface area contributed by atoms with Gasteiger partial charge in [-0.15, -0.1) is 0 Å². The molecule has 0 aliphatic rings. The highest BCUT2D eigenvalue weighted by Gasteiger charge is 2.31. The predicted octanol–water partition coefficient (Wildman–Crippen LogP) is 18.0. The number of benzene rings is 11. The number of aromatic nitrogens is 2. The molecule has 6 heteroatoms. The van der Waals surface area contributed by atoms with Gasteiger partial charge in [-0.25, -0.2) is 0 Å². The van der Waals surface area contributed by atoms with Crippen molar-refractivity contribution < 1.29 is 0 Å². The minimum absolute atomic E-state index is 0.605. The average Bonchev–Trinajstić information content (AvgIpc) is 4.24. The molecule has 0 saturated heterocycles. The van der Waals surface area contributed by atoms with Crippen molar-refractivity contribution in [2.24, 2.45) is 0 Å². The van der Waals surface area contributed by atoms with Gasteiger partial charge in [0, 0.05) is 88.3 Å². The molecule has 0 unspecified atom stereocenters. The molecule has 0 radical (unpaired) electrons. The van der Waals surface area contributed by atoms with Crippen LogP contribution in [0, 0.1) is 22.7 Å². The molecule has 15 aromatic rings. The molecule has 0 aliphatic heterocycles. The maximum Gasteiger partial charge on any atom is 0.0992 e. The Balaban J connectivity index is 1.12. The van der Waals surface area contributed by atoms with Gasteiger partial charge < -0.3 is 18.6 Å². The first-order chi connectivity index (χ1) is 36.7. The van der Waals surface area contributed by atoms with Gasteiger partial charge in [-0.3, -0.25) is 0 Å². The molecule has 6 nitrogen and oxygen atoms in total. The van der Waals surface area contributed by atoms with Crippen molar-refractivity contribution >= 4 is 110 Å². The molecule has 4 aromatic heterocycles. The van der Waals surface area contributed by atoms with E-state index in [2.05, 4.69) is 225 Å². The number of hydrogen-bond donors (Lipinski definition) is 0. The Kier molecular flexibility index (Phi) is 8.99. The van der Waals surface area contributed by atoms with Gasteiger partial charge in [0.2, 0.25) is 0 Å². The van der Waals surface area contributed by atoms with Crippen LogP contribution in [0.5, 0.6) is 0 Å². The van der Waals surface area contributed by atoms with E-state index in [1.165, 1.54) is 65.3 Å². The Bertz CT molecular complexity index is 4490. The summed E-state index contributed by atoms with van der Waals surface area (Å²) in [5.74, 6) is 0. The van der Waals surface area contributed by atoms with Crippen LogP contribution in [0.15, 0.2) is 243 Å². The first-order valence-electron chi connectivity index (χ1n) is 24.9. The Morgan fingerprint density at radius 1 is 0.284 bits per heavy atom. The summed E-state index contributed by atoms with van der Waals surface area (Å²) >= 11 is 0. The Labute approximate surface area is 425 Å². The SMILES string of the molecule is N#Cc1cccc(N(c2ccccc2)c2ccc3c4cccc5c6c(-c7ccccc7)c7c(c(-c8ccccc8)c6n(c3c2)c45)c2cccc3c4ccc(N(c5ccccc5)c5cccc(C#N)c5)cc4n7c32)c1. The second-order valence-corrected chi connectivity index (χ2v) is 19.1. The van der Waals surface area contributed by atoms with Crippen LogP contribution in [-0.4, -0.2) is 8.80 Å². The van der Waals surface area contributed by atoms with E-state index in [-0.39, 0.29) is 0 Å². The van der Waals surface area contributed by atoms with Gasteiger partial charge >= 0.3 is 0 Å². The lowest BCUT2D eigenvalue weighted by molar-refractivity contribution is 1.27. The van der Waals surface area contributed by atoms with Gasteiger partial charge in [-0.05, 0) is 96.1 Å². The normalized spacial score (nSPS) is 11.8.